The number of rotatable bonds is 5. The predicted octanol–water partition coefficient (Wildman–Crippen LogP) is 3.91. The lowest BCUT2D eigenvalue weighted by Crippen LogP contribution is -2.08. The van der Waals surface area contributed by atoms with Gasteiger partial charge >= 0.3 is 0 Å². The molecule has 1 aromatic carbocycles. The van der Waals surface area contributed by atoms with Gasteiger partial charge < -0.3 is 9.84 Å². The van der Waals surface area contributed by atoms with Crippen molar-refractivity contribution in [2.24, 2.45) is 0 Å². The summed E-state index contributed by atoms with van der Waals surface area (Å²) in [6.45, 7) is 3.92. The summed E-state index contributed by atoms with van der Waals surface area (Å²) in [6, 6.07) is 9.73. The van der Waals surface area contributed by atoms with Crippen LogP contribution in [0, 0.1) is 0 Å². The molecule has 106 valence electrons. The number of halogens is 1. The number of aliphatic hydroxyl groups excluding tert-OH is 1. The minimum absolute atomic E-state index is 0.0902. The van der Waals surface area contributed by atoms with E-state index >= 15 is 0 Å². The third kappa shape index (κ3) is 4.05. The predicted molar refractivity (Wildman–Crippen MR) is 82.8 cm³/mol. The molecule has 1 N–H and O–H groups in total. The van der Waals surface area contributed by atoms with Gasteiger partial charge in [0.15, 0.2) is 0 Å². The molecule has 0 fully saturated rings. The van der Waals surface area contributed by atoms with E-state index in [2.05, 4.69) is 20.9 Å². The van der Waals surface area contributed by atoms with E-state index in [-0.39, 0.29) is 6.10 Å². The number of aliphatic hydroxyl groups is 1. The van der Waals surface area contributed by atoms with E-state index in [1.165, 1.54) is 0 Å². The van der Waals surface area contributed by atoms with Crippen LogP contribution in [0.1, 0.15) is 31.1 Å². The monoisotopic (exact) mass is 335 g/mol. The van der Waals surface area contributed by atoms with Crippen molar-refractivity contribution in [2.45, 2.75) is 32.5 Å². The Hall–Kier alpha value is -1.39. The quantitative estimate of drug-likeness (QED) is 0.900. The lowest BCUT2D eigenvalue weighted by molar-refractivity contribution is 0.176. The minimum atomic E-state index is -0.600. The first kappa shape index (κ1) is 15.0. The Morgan fingerprint density at radius 1 is 1.25 bits per heavy atom. The summed E-state index contributed by atoms with van der Waals surface area (Å²) >= 11 is 3.49. The van der Waals surface area contributed by atoms with Crippen LogP contribution in [-0.4, -0.2) is 16.2 Å². The second-order valence-electron chi connectivity index (χ2n) is 4.93. The van der Waals surface area contributed by atoms with E-state index in [0.29, 0.717) is 12.2 Å². The minimum Gasteiger partial charge on any atom is -0.489 e. The number of nitrogens with zero attached hydrogens (tertiary/aromatic N) is 1. The molecule has 0 bridgehead atoms. The zero-order valence-electron chi connectivity index (χ0n) is 11.6. The molecule has 1 atom stereocenters. The third-order valence-corrected chi connectivity index (χ3v) is 3.64. The van der Waals surface area contributed by atoms with Crippen LogP contribution in [-0.2, 0) is 6.42 Å². The van der Waals surface area contributed by atoms with Crippen LogP contribution in [0.15, 0.2) is 47.2 Å². The van der Waals surface area contributed by atoms with Crippen molar-refractivity contribution in [3.8, 4) is 5.75 Å². The summed E-state index contributed by atoms with van der Waals surface area (Å²) in [5.41, 5.74) is 1.83. The van der Waals surface area contributed by atoms with Gasteiger partial charge in [-0.3, -0.25) is 4.98 Å². The molecule has 0 radical (unpaired) electrons. The molecular formula is C16H18BrNO2. The highest BCUT2D eigenvalue weighted by Gasteiger charge is 2.12. The largest absolute Gasteiger partial charge is 0.489 e. The van der Waals surface area contributed by atoms with Gasteiger partial charge in [0.2, 0.25) is 0 Å². The zero-order valence-corrected chi connectivity index (χ0v) is 13.2. The van der Waals surface area contributed by atoms with Gasteiger partial charge in [0.25, 0.3) is 0 Å². The van der Waals surface area contributed by atoms with Crippen molar-refractivity contribution < 1.29 is 9.84 Å². The van der Waals surface area contributed by atoms with Crippen molar-refractivity contribution in [2.75, 3.05) is 0 Å². The molecule has 4 heteroatoms. The van der Waals surface area contributed by atoms with Gasteiger partial charge in [-0.25, -0.2) is 0 Å². The van der Waals surface area contributed by atoms with Crippen LogP contribution in [0.5, 0.6) is 5.75 Å². The molecule has 20 heavy (non-hydrogen) atoms. The van der Waals surface area contributed by atoms with E-state index in [1.807, 2.05) is 44.2 Å². The van der Waals surface area contributed by atoms with Gasteiger partial charge in [-0.2, -0.15) is 0 Å². The Balaban J connectivity index is 2.13. The molecule has 0 aliphatic heterocycles. The van der Waals surface area contributed by atoms with Crippen LogP contribution in [0.3, 0.4) is 0 Å². The average Bonchev–Trinajstić information content (AvgIpc) is 2.41. The number of pyridine rings is 1. The van der Waals surface area contributed by atoms with Gasteiger partial charge in [0, 0.05) is 22.7 Å². The second-order valence-corrected chi connectivity index (χ2v) is 5.79. The van der Waals surface area contributed by atoms with E-state index < -0.39 is 6.10 Å². The highest BCUT2D eigenvalue weighted by molar-refractivity contribution is 9.10. The molecule has 2 rings (SSSR count). The maximum atomic E-state index is 10.3. The van der Waals surface area contributed by atoms with Gasteiger partial charge in [-0.05, 0) is 31.5 Å². The summed E-state index contributed by atoms with van der Waals surface area (Å²) in [4.78, 5) is 4.13. The van der Waals surface area contributed by atoms with Crippen molar-refractivity contribution in [3.63, 3.8) is 0 Å². The standard InChI is InChI=1S/C16H18BrNO2/c1-11(2)20-14-7-13(9-18-10-14)16(19)8-12-5-3-4-6-15(12)17/h3-7,9-11,16,19H,8H2,1-2H3. The van der Waals surface area contributed by atoms with Crippen molar-refractivity contribution in [3.05, 3.63) is 58.3 Å². The molecular weight excluding hydrogens is 318 g/mol. The maximum absolute atomic E-state index is 10.3. The number of ether oxygens (including phenoxy) is 1. The summed E-state index contributed by atoms with van der Waals surface area (Å²) in [6.07, 6.45) is 3.36. The molecule has 1 aromatic heterocycles. The molecule has 0 aliphatic carbocycles. The Bertz CT molecular complexity index is 572. The first-order valence-corrected chi connectivity index (χ1v) is 7.38. The van der Waals surface area contributed by atoms with Gasteiger partial charge in [-0.15, -0.1) is 0 Å². The SMILES string of the molecule is CC(C)Oc1cncc(C(O)Cc2ccccc2Br)c1. The van der Waals surface area contributed by atoms with Gasteiger partial charge in [0.1, 0.15) is 5.75 Å². The summed E-state index contributed by atoms with van der Waals surface area (Å²) < 4.78 is 6.60. The van der Waals surface area contributed by atoms with Crippen molar-refractivity contribution in [1.29, 1.82) is 0 Å². The number of aromatic nitrogens is 1. The van der Waals surface area contributed by atoms with Crippen LogP contribution in [0.4, 0.5) is 0 Å². The topological polar surface area (TPSA) is 42.4 Å². The van der Waals surface area contributed by atoms with E-state index in [1.54, 1.807) is 12.4 Å². The van der Waals surface area contributed by atoms with Gasteiger partial charge in [0.05, 0.1) is 18.4 Å². The zero-order chi connectivity index (χ0) is 14.5. The molecule has 2 aromatic rings. The van der Waals surface area contributed by atoms with Crippen LogP contribution < -0.4 is 4.74 Å². The summed E-state index contributed by atoms with van der Waals surface area (Å²) in [5.74, 6) is 0.684. The normalized spacial score (nSPS) is 12.4. The molecule has 1 heterocycles. The molecule has 0 saturated heterocycles. The lowest BCUT2D eigenvalue weighted by atomic mass is 10.0. The third-order valence-electron chi connectivity index (χ3n) is 2.86. The Kier molecular flexibility index (Phi) is 5.15. The smallest absolute Gasteiger partial charge is 0.138 e. The first-order chi connectivity index (χ1) is 9.56. The van der Waals surface area contributed by atoms with Crippen LogP contribution in [0.25, 0.3) is 0 Å². The first-order valence-electron chi connectivity index (χ1n) is 6.59. The van der Waals surface area contributed by atoms with Crippen LogP contribution in [0.2, 0.25) is 0 Å². The highest BCUT2D eigenvalue weighted by Crippen LogP contribution is 2.25. The van der Waals surface area contributed by atoms with E-state index in [0.717, 1.165) is 15.6 Å². The highest BCUT2D eigenvalue weighted by atomic mass is 79.9. The van der Waals surface area contributed by atoms with Crippen molar-refractivity contribution in [1.82, 2.24) is 4.98 Å². The Labute approximate surface area is 127 Å². The fraction of sp³-hybridized carbons (Fsp3) is 0.312. The van der Waals surface area contributed by atoms with E-state index in [9.17, 15) is 5.11 Å². The molecule has 3 nitrogen and oxygen atoms in total. The van der Waals surface area contributed by atoms with Gasteiger partial charge in [-0.1, -0.05) is 34.1 Å². The molecule has 0 spiro atoms. The Morgan fingerprint density at radius 2 is 2.00 bits per heavy atom. The maximum Gasteiger partial charge on any atom is 0.138 e. The lowest BCUT2D eigenvalue weighted by Gasteiger charge is -2.14. The fourth-order valence-electron chi connectivity index (χ4n) is 1.94. The van der Waals surface area contributed by atoms with Crippen molar-refractivity contribution >= 4 is 15.9 Å². The molecule has 0 aliphatic rings. The average molecular weight is 336 g/mol. The summed E-state index contributed by atoms with van der Waals surface area (Å²) in [5, 5.41) is 10.3. The summed E-state index contributed by atoms with van der Waals surface area (Å²) in [7, 11) is 0. The Morgan fingerprint density at radius 3 is 2.70 bits per heavy atom. The number of hydrogen-bond acceptors (Lipinski definition) is 3. The van der Waals surface area contributed by atoms with Crippen LogP contribution >= 0.6 is 15.9 Å². The fourth-order valence-corrected chi connectivity index (χ4v) is 2.39. The second kappa shape index (κ2) is 6.86. The molecule has 0 amide bonds. The number of hydrogen-bond donors (Lipinski definition) is 1. The number of benzene rings is 1. The molecule has 1 unspecified atom stereocenters. The van der Waals surface area contributed by atoms with E-state index in [4.69, 9.17) is 4.74 Å². The molecule has 0 saturated carbocycles.